The van der Waals surface area contributed by atoms with E-state index in [1.54, 1.807) is 0 Å². The summed E-state index contributed by atoms with van der Waals surface area (Å²) in [6.45, 7) is -1.24. The van der Waals surface area contributed by atoms with Crippen LogP contribution in [0.1, 0.15) is 6.23 Å². The summed E-state index contributed by atoms with van der Waals surface area (Å²) < 4.78 is 65.3. The summed E-state index contributed by atoms with van der Waals surface area (Å²) in [4.78, 5) is 60.9. The van der Waals surface area contributed by atoms with Crippen molar-refractivity contribution >= 4 is 52.2 Å². The summed E-state index contributed by atoms with van der Waals surface area (Å²) >= 11 is 5.72. The van der Waals surface area contributed by atoms with Crippen molar-refractivity contribution in [2.75, 3.05) is 12.3 Å². The quantitative estimate of drug-likeness (QED) is 0.172. The van der Waals surface area contributed by atoms with Crippen LogP contribution >= 0.6 is 35.1 Å². The summed E-state index contributed by atoms with van der Waals surface area (Å²) in [6.07, 6.45) is -5.20. The lowest BCUT2D eigenvalue weighted by Gasteiger charge is -2.28. The summed E-state index contributed by atoms with van der Waals surface area (Å²) in [7, 11) is -17.7. The second kappa shape index (κ2) is 8.73. The average molecular weight is 558 g/mol. The van der Waals surface area contributed by atoms with E-state index in [1.165, 1.54) is 0 Å². The molecule has 3 unspecified atom stereocenters. The number of H-pyrrole nitrogens is 1. The molecule has 0 aliphatic carbocycles. The number of aromatic amines is 1. The van der Waals surface area contributed by atoms with Gasteiger partial charge in [0.2, 0.25) is 5.95 Å². The summed E-state index contributed by atoms with van der Waals surface area (Å²) in [5.74, 6) is -0.375. The van der Waals surface area contributed by atoms with E-state index in [4.69, 9.17) is 27.0 Å². The fourth-order valence-corrected chi connectivity index (χ4v) is 5.91. The van der Waals surface area contributed by atoms with Crippen LogP contribution in [0.4, 0.5) is 10.3 Å². The maximum Gasteiger partial charge on any atom is 0.478 e. The van der Waals surface area contributed by atoms with E-state index in [0.717, 1.165) is 10.9 Å². The van der Waals surface area contributed by atoms with Crippen LogP contribution in [-0.2, 0) is 31.6 Å². The van der Waals surface area contributed by atoms with Gasteiger partial charge in [-0.2, -0.15) is 4.98 Å². The average Bonchev–Trinajstić information content (AvgIpc) is 3.10. The number of halogens is 2. The number of aliphatic hydroxyl groups excluding tert-OH is 1. The van der Waals surface area contributed by atoms with Crippen LogP contribution in [0.25, 0.3) is 11.2 Å². The lowest BCUT2D eigenvalue weighted by molar-refractivity contribution is -0.236. The smallest absolute Gasteiger partial charge is 0.478 e. The van der Waals surface area contributed by atoms with Crippen LogP contribution in [0.3, 0.4) is 0 Å². The van der Waals surface area contributed by atoms with Crippen molar-refractivity contribution in [3.8, 4) is 0 Å². The Kier molecular flexibility index (Phi) is 6.96. The molecule has 186 valence electrons. The molecule has 1 aliphatic rings. The third-order valence-corrected chi connectivity index (χ3v) is 8.03. The molecule has 1 saturated heterocycles. The van der Waals surface area contributed by atoms with Crippen molar-refractivity contribution in [2.45, 2.75) is 23.6 Å². The lowest BCUT2D eigenvalue weighted by Crippen LogP contribution is -2.38. The van der Waals surface area contributed by atoms with E-state index in [0.29, 0.717) is 0 Å². The third kappa shape index (κ3) is 5.86. The first kappa shape index (κ1) is 26.3. The van der Waals surface area contributed by atoms with Crippen LogP contribution in [0.15, 0.2) is 11.1 Å². The number of alkyl halides is 2. The highest BCUT2D eigenvalue weighted by molar-refractivity contribution is 7.65. The monoisotopic (exact) mass is 557 g/mol. The van der Waals surface area contributed by atoms with Gasteiger partial charge in [0.1, 0.15) is 12.2 Å². The molecular formula is C10H12ClFN5O13P3-2. The number of aliphatic hydroxyl groups is 1. The fraction of sp³-hybridized carbons (Fsp3) is 0.500. The normalized spacial score (nSPS) is 31.2. The number of hydrogen-bond acceptors (Lipinski definition) is 14. The van der Waals surface area contributed by atoms with Crippen molar-refractivity contribution in [2.24, 2.45) is 0 Å². The Morgan fingerprint density at radius 2 is 2.00 bits per heavy atom. The molecule has 0 saturated carbocycles. The molecule has 18 nitrogen and oxygen atoms in total. The zero-order valence-electron chi connectivity index (χ0n) is 15.5. The highest BCUT2D eigenvalue weighted by atomic mass is 35.5. The van der Waals surface area contributed by atoms with Gasteiger partial charge in [0.25, 0.3) is 26.3 Å². The van der Waals surface area contributed by atoms with E-state index in [1.807, 2.05) is 0 Å². The first-order valence-electron chi connectivity index (χ1n) is 8.10. The van der Waals surface area contributed by atoms with Crippen molar-refractivity contribution in [1.82, 2.24) is 19.5 Å². The minimum atomic E-state index is -6.11. The zero-order chi connectivity index (χ0) is 25.0. The standard InChI is InChI=1S/C10H14ClFN5O13P3/c11-10(12)5(18)3(1-27-32(23,24)30-33(25,26)29-31(20,21)22)28-8(10)17-2-14-4-6(17)15-9(13)16-7(4)19/h2-3,5,8,18H,1H2,(H,23,24)(H,25,26)(H2,20,21,22)(H3,13,15,16,19)/p-2/t3-,5-,8-,10-/m1/s1. The van der Waals surface area contributed by atoms with Crippen LogP contribution in [0.5, 0.6) is 0 Å². The minimum absolute atomic E-state index is 0.298. The van der Waals surface area contributed by atoms with E-state index in [-0.39, 0.29) is 17.1 Å². The van der Waals surface area contributed by atoms with Crippen LogP contribution in [0, 0.1) is 0 Å². The van der Waals surface area contributed by atoms with E-state index in [2.05, 4.69) is 28.1 Å². The second-order valence-corrected chi connectivity index (χ2v) is 11.2. The molecule has 3 heterocycles. The van der Waals surface area contributed by atoms with Gasteiger partial charge in [-0.15, -0.1) is 0 Å². The second-order valence-electron chi connectivity index (χ2n) is 6.26. The Labute approximate surface area is 185 Å². The molecule has 33 heavy (non-hydrogen) atoms. The predicted molar refractivity (Wildman–Crippen MR) is 97.5 cm³/mol. The number of anilines is 1. The first-order chi connectivity index (χ1) is 14.9. The molecular weight excluding hydrogens is 546 g/mol. The van der Waals surface area contributed by atoms with Gasteiger partial charge in [-0.05, 0) is 0 Å². The Balaban J connectivity index is 1.78. The molecule has 2 aromatic rings. The van der Waals surface area contributed by atoms with Crippen LogP contribution in [-0.4, -0.2) is 58.4 Å². The number of imidazole rings is 1. The fourth-order valence-electron chi connectivity index (χ4n) is 2.68. The molecule has 0 spiro atoms. The van der Waals surface area contributed by atoms with Gasteiger partial charge >= 0.3 is 7.82 Å². The van der Waals surface area contributed by atoms with Gasteiger partial charge in [-0.25, -0.2) is 22.6 Å². The number of nitrogens with one attached hydrogen (secondary N) is 1. The van der Waals surface area contributed by atoms with E-state index >= 15 is 4.39 Å². The SMILES string of the molecule is Nc1nc2c(ncn2[C@@H]2O[C@H](COP(=O)(O)OP(=O)([O-])OP(=O)([O-])O)[C@@H](O)[C@]2(F)Cl)c(=O)[nH]1. The topological polar surface area (TPSA) is 285 Å². The van der Waals surface area contributed by atoms with Crippen LogP contribution in [0.2, 0.25) is 0 Å². The number of aromatic nitrogens is 4. The highest BCUT2D eigenvalue weighted by Gasteiger charge is 2.58. The van der Waals surface area contributed by atoms with Crippen molar-refractivity contribution in [1.29, 1.82) is 0 Å². The minimum Gasteiger partial charge on any atom is -0.756 e. The maximum atomic E-state index is 15.1. The first-order valence-corrected chi connectivity index (χ1v) is 12.9. The van der Waals surface area contributed by atoms with Gasteiger partial charge < -0.3 is 35.2 Å². The summed E-state index contributed by atoms with van der Waals surface area (Å²) in [5, 5.41) is 6.96. The van der Waals surface area contributed by atoms with E-state index in [9.17, 15) is 38.3 Å². The number of nitrogens with two attached hydrogens (primary N) is 1. The van der Waals surface area contributed by atoms with Crippen molar-refractivity contribution in [3.05, 3.63) is 16.7 Å². The molecule has 0 bridgehead atoms. The highest BCUT2D eigenvalue weighted by Crippen LogP contribution is 2.63. The molecule has 0 amide bonds. The molecule has 0 aromatic carbocycles. The molecule has 1 fully saturated rings. The largest absolute Gasteiger partial charge is 0.756 e. The number of phosphoric ester groups is 1. The molecule has 6 N–H and O–H groups in total. The number of nitrogen functional groups attached to an aromatic ring is 1. The third-order valence-electron chi connectivity index (χ3n) is 3.89. The van der Waals surface area contributed by atoms with Gasteiger partial charge in [0, 0.05) is 0 Å². The van der Waals surface area contributed by atoms with Gasteiger partial charge in [0.15, 0.2) is 17.4 Å². The van der Waals surface area contributed by atoms with Crippen molar-refractivity contribution < 1.29 is 60.6 Å². The van der Waals surface area contributed by atoms with Gasteiger partial charge in [-0.1, -0.05) is 11.6 Å². The number of nitrogens with zero attached hydrogens (tertiary/aromatic N) is 3. The van der Waals surface area contributed by atoms with Crippen LogP contribution < -0.4 is 21.1 Å². The van der Waals surface area contributed by atoms with Gasteiger partial charge in [0.05, 0.1) is 12.9 Å². The number of phosphoric acid groups is 3. The number of fused-ring (bicyclic) bond motifs is 1. The number of ether oxygens (including phenoxy) is 1. The van der Waals surface area contributed by atoms with Crippen molar-refractivity contribution in [3.63, 3.8) is 0 Å². The Morgan fingerprint density at radius 1 is 1.36 bits per heavy atom. The molecule has 23 heteroatoms. The van der Waals surface area contributed by atoms with Gasteiger partial charge in [-0.3, -0.25) is 28.0 Å². The molecule has 0 radical (unpaired) electrons. The Hall–Kier alpha value is -1.30. The summed E-state index contributed by atoms with van der Waals surface area (Å²) in [5.41, 5.74) is 4.04. The lowest BCUT2D eigenvalue weighted by atomic mass is 10.1. The number of hydrogen-bond donors (Lipinski definition) is 5. The molecule has 7 atom stereocenters. The maximum absolute atomic E-state index is 15.1. The summed E-state index contributed by atoms with van der Waals surface area (Å²) in [6, 6.07) is 0. The molecule has 3 rings (SSSR count). The molecule has 2 aromatic heterocycles. The number of rotatable bonds is 8. The molecule has 1 aliphatic heterocycles. The Bertz CT molecular complexity index is 1260. The van der Waals surface area contributed by atoms with E-state index < -0.39 is 59.2 Å². The Morgan fingerprint density at radius 3 is 2.61 bits per heavy atom. The predicted octanol–water partition coefficient (Wildman–Crippen LogP) is -2.06. The zero-order valence-corrected chi connectivity index (χ0v) is 18.9.